The number of nitrogens with zero attached hydrogens (tertiary/aromatic N) is 1. The Hall–Kier alpha value is -1.36. The molecule has 0 spiro atoms. The van der Waals surface area contributed by atoms with Crippen LogP contribution in [0.4, 0.5) is 0 Å². The maximum atomic E-state index is 10.00. The van der Waals surface area contributed by atoms with Gasteiger partial charge in [0.05, 0.1) is 12.3 Å². The predicted molar refractivity (Wildman–Crippen MR) is 71.4 cm³/mol. The van der Waals surface area contributed by atoms with Crippen molar-refractivity contribution in [2.24, 2.45) is 0 Å². The van der Waals surface area contributed by atoms with Gasteiger partial charge in [0.2, 0.25) is 0 Å². The lowest BCUT2D eigenvalue weighted by Gasteiger charge is -2.12. The van der Waals surface area contributed by atoms with Gasteiger partial charge < -0.3 is 10.4 Å². The summed E-state index contributed by atoms with van der Waals surface area (Å²) in [7, 11) is 0. The highest BCUT2D eigenvalue weighted by molar-refractivity contribution is 6.30. The third kappa shape index (κ3) is 3.32. The molecule has 0 bridgehead atoms. The number of hydrogen-bond acceptors (Lipinski definition) is 3. The minimum Gasteiger partial charge on any atom is -0.387 e. The first-order valence-corrected chi connectivity index (χ1v) is 6.17. The van der Waals surface area contributed by atoms with Crippen LogP contribution in [0.25, 0.3) is 0 Å². The molecule has 0 aliphatic carbocycles. The molecule has 96 valence electrons. The van der Waals surface area contributed by atoms with Gasteiger partial charge in [-0.2, -0.15) is 5.10 Å². The number of rotatable bonds is 5. The first-order valence-electron chi connectivity index (χ1n) is 5.80. The summed E-state index contributed by atoms with van der Waals surface area (Å²) in [5.74, 6) is 0. The van der Waals surface area contributed by atoms with Crippen molar-refractivity contribution in [2.45, 2.75) is 19.6 Å². The molecule has 5 heteroatoms. The third-order valence-corrected chi connectivity index (χ3v) is 3.06. The molecule has 1 aromatic carbocycles. The second kappa shape index (κ2) is 6.00. The average molecular weight is 266 g/mol. The first-order chi connectivity index (χ1) is 8.66. The number of benzene rings is 1. The molecule has 1 aromatic heterocycles. The van der Waals surface area contributed by atoms with Crippen molar-refractivity contribution in [2.75, 3.05) is 6.54 Å². The van der Waals surface area contributed by atoms with Gasteiger partial charge in [-0.25, -0.2) is 0 Å². The van der Waals surface area contributed by atoms with Gasteiger partial charge in [0.1, 0.15) is 0 Å². The van der Waals surface area contributed by atoms with Crippen LogP contribution in [0.1, 0.15) is 22.9 Å². The number of halogens is 1. The molecule has 2 aromatic rings. The van der Waals surface area contributed by atoms with E-state index in [2.05, 4.69) is 15.5 Å². The molecule has 2 rings (SSSR count). The second-order valence-electron chi connectivity index (χ2n) is 4.22. The topological polar surface area (TPSA) is 60.9 Å². The summed E-state index contributed by atoms with van der Waals surface area (Å²) in [6, 6.07) is 7.26. The molecule has 0 radical (unpaired) electrons. The number of aliphatic hydroxyl groups is 1. The molecule has 0 aliphatic heterocycles. The molecule has 0 fully saturated rings. The van der Waals surface area contributed by atoms with E-state index >= 15 is 0 Å². The zero-order chi connectivity index (χ0) is 13.0. The Morgan fingerprint density at radius 2 is 2.33 bits per heavy atom. The van der Waals surface area contributed by atoms with Crippen LogP contribution in [0.5, 0.6) is 0 Å². The van der Waals surface area contributed by atoms with Crippen molar-refractivity contribution in [3.8, 4) is 0 Å². The molecule has 0 aliphatic rings. The van der Waals surface area contributed by atoms with Crippen LogP contribution in [-0.4, -0.2) is 21.8 Å². The summed E-state index contributed by atoms with van der Waals surface area (Å²) in [6.07, 6.45) is 1.23. The molecule has 18 heavy (non-hydrogen) atoms. The summed E-state index contributed by atoms with van der Waals surface area (Å²) in [4.78, 5) is 0. The Kier molecular flexibility index (Phi) is 4.36. The maximum Gasteiger partial charge on any atom is 0.0915 e. The average Bonchev–Trinajstić information content (AvgIpc) is 2.75. The van der Waals surface area contributed by atoms with E-state index in [0.29, 0.717) is 18.1 Å². The zero-order valence-electron chi connectivity index (χ0n) is 10.2. The van der Waals surface area contributed by atoms with E-state index in [0.717, 1.165) is 16.8 Å². The summed E-state index contributed by atoms with van der Waals surface area (Å²) >= 11 is 5.88. The fourth-order valence-corrected chi connectivity index (χ4v) is 1.93. The van der Waals surface area contributed by atoms with Crippen molar-refractivity contribution in [1.29, 1.82) is 0 Å². The van der Waals surface area contributed by atoms with Crippen LogP contribution in [0.15, 0.2) is 30.5 Å². The van der Waals surface area contributed by atoms with E-state index in [1.807, 2.05) is 19.1 Å². The smallest absolute Gasteiger partial charge is 0.0915 e. The Morgan fingerprint density at radius 3 is 3.00 bits per heavy atom. The number of aromatic nitrogens is 2. The molecule has 1 unspecified atom stereocenters. The highest BCUT2D eigenvalue weighted by atomic mass is 35.5. The quantitative estimate of drug-likeness (QED) is 0.777. The Morgan fingerprint density at radius 1 is 1.50 bits per heavy atom. The van der Waals surface area contributed by atoms with Gasteiger partial charge in [0, 0.05) is 29.4 Å². The van der Waals surface area contributed by atoms with Crippen LogP contribution < -0.4 is 5.32 Å². The minimum atomic E-state index is -0.559. The van der Waals surface area contributed by atoms with Gasteiger partial charge in [0.15, 0.2) is 0 Å². The van der Waals surface area contributed by atoms with Crippen LogP contribution in [0.3, 0.4) is 0 Å². The van der Waals surface area contributed by atoms with Crippen molar-refractivity contribution in [3.63, 3.8) is 0 Å². The Labute approximate surface area is 111 Å². The lowest BCUT2D eigenvalue weighted by molar-refractivity contribution is 0.174. The van der Waals surface area contributed by atoms with E-state index in [1.54, 1.807) is 18.3 Å². The van der Waals surface area contributed by atoms with Gasteiger partial charge in [0.25, 0.3) is 0 Å². The minimum absolute atomic E-state index is 0.477. The first kappa shape index (κ1) is 13.1. The van der Waals surface area contributed by atoms with Crippen molar-refractivity contribution >= 4 is 11.6 Å². The van der Waals surface area contributed by atoms with E-state index in [1.165, 1.54) is 0 Å². The van der Waals surface area contributed by atoms with E-state index < -0.39 is 6.10 Å². The van der Waals surface area contributed by atoms with Gasteiger partial charge in [-0.15, -0.1) is 0 Å². The number of aliphatic hydroxyl groups excluding tert-OH is 1. The van der Waals surface area contributed by atoms with Crippen molar-refractivity contribution in [1.82, 2.24) is 15.5 Å². The largest absolute Gasteiger partial charge is 0.387 e. The van der Waals surface area contributed by atoms with Gasteiger partial charge in [-0.05, 0) is 24.6 Å². The summed E-state index contributed by atoms with van der Waals surface area (Å²) < 4.78 is 0. The fourth-order valence-electron chi connectivity index (χ4n) is 1.73. The third-order valence-electron chi connectivity index (χ3n) is 2.82. The summed E-state index contributed by atoms with van der Waals surface area (Å²) in [5, 5.41) is 20.6. The molecule has 1 heterocycles. The number of H-pyrrole nitrogens is 1. The fraction of sp³-hybridized carbons (Fsp3) is 0.308. The van der Waals surface area contributed by atoms with E-state index in [4.69, 9.17) is 11.6 Å². The number of hydrogen-bond donors (Lipinski definition) is 3. The van der Waals surface area contributed by atoms with E-state index in [-0.39, 0.29) is 0 Å². The predicted octanol–water partition coefficient (Wildman–Crippen LogP) is 2.19. The van der Waals surface area contributed by atoms with Crippen LogP contribution in [0, 0.1) is 6.92 Å². The highest BCUT2D eigenvalue weighted by Crippen LogP contribution is 2.17. The lowest BCUT2D eigenvalue weighted by Crippen LogP contribution is -2.21. The van der Waals surface area contributed by atoms with Crippen LogP contribution in [-0.2, 0) is 6.54 Å². The molecule has 0 amide bonds. The van der Waals surface area contributed by atoms with Crippen molar-refractivity contribution in [3.05, 3.63) is 52.3 Å². The Bertz CT molecular complexity index is 512. The maximum absolute atomic E-state index is 10.00. The van der Waals surface area contributed by atoms with E-state index in [9.17, 15) is 5.11 Å². The molecular weight excluding hydrogens is 250 g/mol. The zero-order valence-corrected chi connectivity index (χ0v) is 10.9. The molecule has 0 saturated carbocycles. The standard InChI is InChI=1S/C13H16ClN3O/c1-9-11(7-16-17-9)6-15-8-13(18)10-3-2-4-12(14)5-10/h2-5,7,13,15,18H,6,8H2,1H3,(H,16,17). The number of aryl methyl sites for hydroxylation is 1. The summed E-state index contributed by atoms with van der Waals surface area (Å²) in [5.41, 5.74) is 2.96. The molecule has 3 N–H and O–H groups in total. The van der Waals surface area contributed by atoms with Crippen molar-refractivity contribution < 1.29 is 5.11 Å². The second-order valence-corrected chi connectivity index (χ2v) is 4.66. The lowest BCUT2D eigenvalue weighted by atomic mass is 10.1. The Balaban J connectivity index is 1.85. The van der Waals surface area contributed by atoms with Gasteiger partial charge >= 0.3 is 0 Å². The SMILES string of the molecule is Cc1[nH]ncc1CNCC(O)c1cccc(Cl)c1. The van der Waals surface area contributed by atoms with Crippen LogP contribution in [0.2, 0.25) is 5.02 Å². The van der Waals surface area contributed by atoms with Gasteiger partial charge in [-0.1, -0.05) is 23.7 Å². The molecule has 4 nitrogen and oxygen atoms in total. The number of nitrogens with one attached hydrogen (secondary N) is 2. The monoisotopic (exact) mass is 265 g/mol. The molecular formula is C13H16ClN3O. The molecule has 0 saturated heterocycles. The van der Waals surface area contributed by atoms with Crippen LogP contribution >= 0.6 is 11.6 Å². The normalized spacial score (nSPS) is 12.6. The number of aromatic amines is 1. The highest BCUT2D eigenvalue weighted by Gasteiger charge is 2.08. The van der Waals surface area contributed by atoms with Gasteiger partial charge in [-0.3, -0.25) is 5.10 Å². The summed E-state index contributed by atoms with van der Waals surface area (Å²) in [6.45, 7) is 3.13. The molecule has 1 atom stereocenters.